The number of aryl methyl sites for hydroxylation is 1. The average molecular weight is 390 g/mol. The third kappa shape index (κ3) is 8.04. The van der Waals surface area contributed by atoms with E-state index in [-0.39, 0.29) is 11.8 Å². The van der Waals surface area contributed by atoms with Crippen LogP contribution in [0.3, 0.4) is 0 Å². The van der Waals surface area contributed by atoms with Crippen LogP contribution < -0.4 is 22.1 Å². The number of rotatable bonds is 10. The number of carbonyl (C=O) groups excluding carboxylic acids is 1. The Kier molecular flexibility index (Phi) is 8.50. The van der Waals surface area contributed by atoms with E-state index in [1.807, 2.05) is 18.4 Å². The molecule has 0 saturated carbocycles. The second-order valence-corrected chi connectivity index (χ2v) is 7.31. The molecule has 9 heteroatoms. The Morgan fingerprint density at radius 3 is 2.93 bits per heavy atom. The van der Waals surface area contributed by atoms with Gasteiger partial charge < -0.3 is 22.1 Å². The first-order valence-corrected chi connectivity index (χ1v) is 9.78. The van der Waals surface area contributed by atoms with Crippen molar-refractivity contribution in [2.24, 2.45) is 22.4 Å². The van der Waals surface area contributed by atoms with E-state index in [9.17, 15) is 4.79 Å². The fourth-order valence-electron chi connectivity index (χ4n) is 2.45. The van der Waals surface area contributed by atoms with E-state index < -0.39 is 0 Å². The summed E-state index contributed by atoms with van der Waals surface area (Å²) in [6, 6.07) is 0. The summed E-state index contributed by atoms with van der Waals surface area (Å²) < 4.78 is 0. The molecule has 0 fully saturated rings. The van der Waals surface area contributed by atoms with Gasteiger partial charge in [0.05, 0.1) is 5.82 Å². The van der Waals surface area contributed by atoms with Gasteiger partial charge in [0.25, 0.3) is 0 Å². The first-order valence-electron chi connectivity index (χ1n) is 8.97. The van der Waals surface area contributed by atoms with Crippen LogP contribution in [0.25, 0.3) is 0 Å². The molecule has 0 saturated heterocycles. The molecular weight excluding hydrogens is 362 g/mol. The van der Waals surface area contributed by atoms with E-state index in [1.165, 1.54) is 11.3 Å². The molecule has 1 aromatic rings. The van der Waals surface area contributed by atoms with Crippen LogP contribution in [0, 0.1) is 5.92 Å². The molecule has 1 atom stereocenters. The van der Waals surface area contributed by atoms with Crippen molar-refractivity contribution in [2.75, 3.05) is 12.4 Å². The Morgan fingerprint density at radius 2 is 2.19 bits per heavy atom. The Morgan fingerprint density at radius 1 is 1.33 bits per heavy atom. The van der Waals surface area contributed by atoms with Crippen molar-refractivity contribution in [1.29, 1.82) is 0 Å². The normalized spacial score (nSPS) is 17.1. The summed E-state index contributed by atoms with van der Waals surface area (Å²) in [6.45, 7) is 0. The van der Waals surface area contributed by atoms with Gasteiger partial charge in [-0.3, -0.25) is 9.79 Å². The van der Waals surface area contributed by atoms with Gasteiger partial charge in [-0.1, -0.05) is 17.4 Å². The Hall–Kier alpha value is -2.68. The van der Waals surface area contributed by atoms with Crippen molar-refractivity contribution < 1.29 is 4.79 Å². The van der Waals surface area contributed by atoms with Crippen LogP contribution >= 0.6 is 11.3 Å². The highest BCUT2D eigenvalue weighted by Gasteiger charge is 2.14. The number of nitrogens with zero attached hydrogens (tertiary/aromatic N) is 3. The SMILES string of the molecule is CN/C(N)=C/C=C(\N)CCCCc1nnc(NC(=O)CC2C=NC=CC2)s1. The molecule has 1 amide bonds. The summed E-state index contributed by atoms with van der Waals surface area (Å²) in [5.74, 6) is 0.670. The van der Waals surface area contributed by atoms with Gasteiger partial charge in [-0.15, -0.1) is 10.2 Å². The van der Waals surface area contributed by atoms with Crippen LogP contribution in [0.1, 0.15) is 37.1 Å². The summed E-state index contributed by atoms with van der Waals surface area (Å²) >= 11 is 1.42. The quantitative estimate of drug-likeness (QED) is 0.358. The molecule has 2 heterocycles. The Bertz CT molecular complexity index is 736. The second-order valence-electron chi connectivity index (χ2n) is 6.25. The molecule has 6 N–H and O–H groups in total. The number of unbranched alkanes of at least 4 members (excludes halogenated alkanes) is 1. The van der Waals surface area contributed by atoms with E-state index in [4.69, 9.17) is 11.5 Å². The third-order valence-electron chi connectivity index (χ3n) is 3.96. The zero-order valence-corrected chi connectivity index (χ0v) is 16.3. The maximum Gasteiger partial charge on any atom is 0.226 e. The Balaban J connectivity index is 1.67. The maximum atomic E-state index is 12.1. The Labute approximate surface area is 163 Å². The van der Waals surface area contributed by atoms with Crippen molar-refractivity contribution in [3.8, 4) is 0 Å². The minimum Gasteiger partial charge on any atom is -0.402 e. The van der Waals surface area contributed by atoms with Gasteiger partial charge in [-0.05, 0) is 37.8 Å². The fourth-order valence-corrected chi connectivity index (χ4v) is 3.24. The van der Waals surface area contributed by atoms with Gasteiger partial charge in [0.2, 0.25) is 11.0 Å². The number of amides is 1. The first kappa shape index (κ1) is 20.6. The highest BCUT2D eigenvalue weighted by atomic mass is 32.1. The molecule has 1 aliphatic rings. The van der Waals surface area contributed by atoms with Gasteiger partial charge in [0.15, 0.2) is 0 Å². The molecule has 2 rings (SSSR count). The van der Waals surface area contributed by atoms with Crippen molar-refractivity contribution in [1.82, 2.24) is 15.5 Å². The third-order valence-corrected chi connectivity index (χ3v) is 4.86. The van der Waals surface area contributed by atoms with Crippen LogP contribution in [-0.2, 0) is 11.2 Å². The van der Waals surface area contributed by atoms with Gasteiger partial charge in [-0.2, -0.15) is 0 Å². The van der Waals surface area contributed by atoms with Gasteiger partial charge in [0.1, 0.15) is 5.01 Å². The minimum absolute atomic E-state index is 0.0590. The monoisotopic (exact) mass is 389 g/mol. The van der Waals surface area contributed by atoms with E-state index >= 15 is 0 Å². The van der Waals surface area contributed by atoms with Crippen molar-refractivity contribution in [2.45, 2.75) is 38.5 Å². The molecule has 27 heavy (non-hydrogen) atoms. The number of aliphatic imine (C=N–C) groups is 1. The second kappa shape index (κ2) is 11.1. The predicted molar refractivity (Wildman–Crippen MR) is 110 cm³/mol. The molecule has 1 aliphatic heterocycles. The number of aromatic nitrogens is 2. The van der Waals surface area contributed by atoms with E-state index in [1.54, 1.807) is 19.3 Å². The highest BCUT2D eigenvalue weighted by Crippen LogP contribution is 2.19. The minimum atomic E-state index is -0.0590. The van der Waals surface area contributed by atoms with Crippen molar-refractivity contribution in [3.63, 3.8) is 0 Å². The van der Waals surface area contributed by atoms with E-state index in [0.717, 1.165) is 42.8 Å². The molecule has 0 aromatic carbocycles. The van der Waals surface area contributed by atoms with Crippen molar-refractivity contribution in [3.05, 3.63) is 41.0 Å². The molecule has 1 aromatic heterocycles. The lowest BCUT2D eigenvalue weighted by molar-refractivity contribution is -0.116. The molecule has 0 aliphatic carbocycles. The van der Waals surface area contributed by atoms with Crippen LogP contribution in [0.5, 0.6) is 0 Å². The van der Waals surface area contributed by atoms with E-state index in [0.29, 0.717) is 17.4 Å². The number of hydrogen-bond acceptors (Lipinski definition) is 8. The molecule has 0 spiro atoms. The number of hydrogen-bond donors (Lipinski definition) is 4. The molecule has 0 bridgehead atoms. The summed E-state index contributed by atoms with van der Waals surface area (Å²) in [6.07, 6.45) is 13.9. The maximum absolute atomic E-state index is 12.1. The van der Waals surface area contributed by atoms with E-state index in [2.05, 4.69) is 25.8 Å². The van der Waals surface area contributed by atoms with Crippen molar-refractivity contribution >= 4 is 28.6 Å². The molecule has 0 radical (unpaired) electrons. The lowest BCUT2D eigenvalue weighted by Gasteiger charge is -2.10. The fraction of sp³-hybridized carbons (Fsp3) is 0.444. The van der Waals surface area contributed by atoms with Crippen LogP contribution in [-0.4, -0.2) is 29.4 Å². The number of nitrogens with two attached hydrogens (primary N) is 2. The summed E-state index contributed by atoms with van der Waals surface area (Å²) in [5, 5.41) is 15.3. The van der Waals surface area contributed by atoms with Gasteiger partial charge >= 0.3 is 0 Å². The number of anilines is 1. The summed E-state index contributed by atoms with van der Waals surface area (Å²) in [4.78, 5) is 16.1. The average Bonchev–Trinajstić information content (AvgIpc) is 3.11. The van der Waals surface area contributed by atoms with Crippen LogP contribution in [0.2, 0.25) is 0 Å². The first-order chi connectivity index (χ1) is 13.1. The molecule has 8 nitrogen and oxygen atoms in total. The number of nitrogens with one attached hydrogen (secondary N) is 2. The zero-order chi connectivity index (χ0) is 19.5. The predicted octanol–water partition coefficient (Wildman–Crippen LogP) is 2.05. The smallest absolute Gasteiger partial charge is 0.226 e. The zero-order valence-electron chi connectivity index (χ0n) is 15.5. The lowest BCUT2D eigenvalue weighted by atomic mass is 10.0. The molecule has 146 valence electrons. The van der Waals surface area contributed by atoms with Crippen LogP contribution in [0.15, 0.2) is 40.9 Å². The molecule has 1 unspecified atom stereocenters. The largest absolute Gasteiger partial charge is 0.402 e. The number of allylic oxidation sites excluding steroid dienone is 4. The summed E-state index contributed by atoms with van der Waals surface area (Å²) in [7, 11) is 1.76. The topological polar surface area (TPSA) is 131 Å². The summed E-state index contributed by atoms with van der Waals surface area (Å²) in [5.41, 5.74) is 12.4. The van der Waals surface area contributed by atoms with Gasteiger partial charge in [-0.25, -0.2) is 0 Å². The van der Waals surface area contributed by atoms with Crippen LogP contribution in [0.4, 0.5) is 5.13 Å². The standard InChI is InChI=1S/C18H27N7OS/c1-21-15(20)9-8-14(19)6-2-3-7-17-24-25-18(27-17)23-16(26)11-13-5-4-10-22-12-13/h4,8-10,12-13,21H,2-3,5-7,11,19-20H2,1H3,(H,23,25,26)/b14-8-,15-9+. The number of carbonyl (C=O) groups is 1. The molecular formula is C18H27N7OS. The van der Waals surface area contributed by atoms with Gasteiger partial charge in [0, 0.05) is 43.9 Å². The lowest BCUT2D eigenvalue weighted by Crippen LogP contribution is -2.17. The highest BCUT2D eigenvalue weighted by molar-refractivity contribution is 7.15.